The van der Waals surface area contributed by atoms with Gasteiger partial charge in [0.15, 0.2) is 0 Å². The summed E-state index contributed by atoms with van der Waals surface area (Å²) in [6, 6.07) is 23.8. The molecule has 4 nitrogen and oxygen atoms in total. The summed E-state index contributed by atoms with van der Waals surface area (Å²) in [7, 11) is 3.27. The van der Waals surface area contributed by atoms with Crippen LogP contribution in [-0.4, -0.2) is 26.0 Å². The molecule has 0 fully saturated rings. The van der Waals surface area contributed by atoms with Gasteiger partial charge >= 0.3 is 0 Å². The average Bonchev–Trinajstić information content (AvgIpc) is 2.74. The molecule has 0 saturated heterocycles. The zero-order valence-corrected chi connectivity index (χ0v) is 16.6. The molecule has 4 heteroatoms. The molecule has 0 bridgehead atoms. The summed E-state index contributed by atoms with van der Waals surface area (Å²) in [4.78, 5) is 9.44. The minimum absolute atomic E-state index is 0.584. The van der Waals surface area contributed by atoms with Crippen LogP contribution >= 0.6 is 0 Å². The van der Waals surface area contributed by atoms with Gasteiger partial charge in [-0.3, -0.25) is 0 Å². The lowest BCUT2D eigenvalue weighted by Crippen LogP contribution is -2.03. The van der Waals surface area contributed by atoms with Gasteiger partial charge in [0.2, 0.25) is 11.8 Å². The maximum Gasteiger partial charge on any atom is 0.221 e. The molecule has 0 N–H and O–H groups in total. The first-order valence-corrected chi connectivity index (χ1v) is 9.10. The second-order valence-electron chi connectivity index (χ2n) is 6.40. The van der Waals surface area contributed by atoms with E-state index in [1.54, 1.807) is 14.2 Å². The molecule has 0 unspecified atom stereocenters. The minimum Gasteiger partial charge on any atom is -0.481 e. The van der Waals surface area contributed by atoms with Crippen molar-refractivity contribution >= 4 is 23.2 Å². The van der Waals surface area contributed by atoms with Crippen LogP contribution in [0.3, 0.4) is 0 Å². The first-order chi connectivity index (χ1) is 13.6. The van der Waals surface area contributed by atoms with Crippen molar-refractivity contribution in [3.63, 3.8) is 0 Å². The highest BCUT2D eigenvalue weighted by molar-refractivity contribution is 5.97. The van der Waals surface area contributed by atoms with E-state index in [2.05, 4.69) is 0 Å². The lowest BCUT2D eigenvalue weighted by molar-refractivity contribution is 0.404. The normalized spacial score (nSPS) is 12.0. The Hall–Kier alpha value is -3.40. The number of nitrogens with zero attached hydrogens (tertiary/aromatic N) is 2. The summed E-state index contributed by atoms with van der Waals surface area (Å²) in [5.41, 5.74) is 5.62. The van der Waals surface area contributed by atoms with Crippen molar-refractivity contribution < 1.29 is 9.47 Å². The quantitative estimate of drug-likeness (QED) is 0.432. The summed E-state index contributed by atoms with van der Waals surface area (Å²) < 4.78 is 11.0. The molecule has 3 aromatic rings. The molecule has 3 rings (SSSR count). The number of aryl methyl sites for hydroxylation is 2. The van der Waals surface area contributed by atoms with E-state index in [-0.39, 0.29) is 0 Å². The molecule has 0 heterocycles. The Morgan fingerprint density at radius 1 is 0.607 bits per heavy atom. The fourth-order valence-electron chi connectivity index (χ4n) is 2.86. The molecule has 0 aliphatic heterocycles. The standard InChI is InChI=1S/C24H24N2O2/c1-17-15-22(26-24(28-4)20-13-9-6-10-14-20)18(2)16-21(17)25-23(27-3)19-11-7-5-8-12-19/h5-16H,1-4H3. The molecule has 142 valence electrons. The largest absolute Gasteiger partial charge is 0.481 e. The van der Waals surface area contributed by atoms with Crippen LogP contribution in [0.4, 0.5) is 11.4 Å². The summed E-state index contributed by atoms with van der Waals surface area (Å²) >= 11 is 0. The first kappa shape index (κ1) is 19.4. The van der Waals surface area contributed by atoms with Crippen molar-refractivity contribution in [3.8, 4) is 0 Å². The van der Waals surface area contributed by atoms with Crippen LogP contribution in [0, 0.1) is 13.8 Å². The predicted molar refractivity (Wildman–Crippen MR) is 115 cm³/mol. The summed E-state index contributed by atoms with van der Waals surface area (Å²) in [5, 5.41) is 0. The molecule has 28 heavy (non-hydrogen) atoms. The topological polar surface area (TPSA) is 43.2 Å². The van der Waals surface area contributed by atoms with Crippen molar-refractivity contribution in [2.24, 2.45) is 9.98 Å². The fraction of sp³-hybridized carbons (Fsp3) is 0.167. The number of ether oxygens (including phenoxy) is 2. The SMILES string of the molecule is COC(=Nc1cc(C)c(N=C(OC)c2ccccc2)cc1C)c1ccccc1. The van der Waals surface area contributed by atoms with E-state index in [4.69, 9.17) is 19.5 Å². The second-order valence-corrected chi connectivity index (χ2v) is 6.40. The average molecular weight is 372 g/mol. The first-order valence-electron chi connectivity index (χ1n) is 9.10. The van der Waals surface area contributed by atoms with Gasteiger partial charge in [-0.2, -0.15) is 0 Å². The van der Waals surface area contributed by atoms with Crippen molar-refractivity contribution in [2.75, 3.05) is 14.2 Å². The maximum atomic E-state index is 5.51. The molecule has 3 aromatic carbocycles. The second kappa shape index (κ2) is 9.00. The van der Waals surface area contributed by atoms with E-state index < -0.39 is 0 Å². The van der Waals surface area contributed by atoms with E-state index in [1.165, 1.54) is 0 Å². The molecule has 0 saturated carbocycles. The number of rotatable bonds is 4. The Bertz CT molecular complexity index is 911. The van der Waals surface area contributed by atoms with Gasteiger partial charge in [-0.05, 0) is 61.4 Å². The molecule has 0 aliphatic carbocycles. The third-order valence-corrected chi connectivity index (χ3v) is 4.39. The molecule has 0 aliphatic rings. The summed E-state index contributed by atoms with van der Waals surface area (Å²) in [6.45, 7) is 4.04. The maximum absolute atomic E-state index is 5.51. The Kier molecular flexibility index (Phi) is 6.22. The van der Waals surface area contributed by atoms with Crippen molar-refractivity contribution in [2.45, 2.75) is 13.8 Å². The van der Waals surface area contributed by atoms with Gasteiger partial charge in [-0.1, -0.05) is 36.4 Å². The zero-order chi connectivity index (χ0) is 19.9. The van der Waals surface area contributed by atoms with E-state index in [0.717, 1.165) is 33.6 Å². The number of methoxy groups -OCH3 is 2. The van der Waals surface area contributed by atoms with E-state index >= 15 is 0 Å². The molecule has 0 aromatic heterocycles. The molecular weight excluding hydrogens is 348 g/mol. The third-order valence-electron chi connectivity index (χ3n) is 4.39. The van der Waals surface area contributed by atoms with Crippen LogP contribution in [0.2, 0.25) is 0 Å². The minimum atomic E-state index is 0.584. The van der Waals surface area contributed by atoms with E-state index in [0.29, 0.717) is 11.8 Å². The smallest absolute Gasteiger partial charge is 0.221 e. The van der Waals surface area contributed by atoms with E-state index in [1.807, 2.05) is 86.6 Å². The van der Waals surface area contributed by atoms with Crippen LogP contribution in [0.25, 0.3) is 0 Å². The van der Waals surface area contributed by atoms with Gasteiger partial charge in [0, 0.05) is 11.1 Å². The lowest BCUT2D eigenvalue weighted by Gasteiger charge is -2.11. The summed E-state index contributed by atoms with van der Waals surface area (Å²) in [6.07, 6.45) is 0. The van der Waals surface area contributed by atoms with E-state index in [9.17, 15) is 0 Å². The zero-order valence-electron chi connectivity index (χ0n) is 16.6. The molecular formula is C24H24N2O2. The Morgan fingerprint density at radius 3 is 1.29 bits per heavy atom. The van der Waals surface area contributed by atoms with Gasteiger partial charge < -0.3 is 9.47 Å². The van der Waals surface area contributed by atoms with Gasteiger partial charge in [-0.25, -0.2) is 9.98 Å². The Morgan fingerprint density at radius 2 is 0.964 bits per heavy atom. The monoisotopic (exact) mass is 372 g/mol. The number of benzene rings is 3. The number of aliphatic imine (C=N–C) groups is 2. The molecule has 0 radical (unpaired) electrons. The number of hydrogen-bond acceptors (Lipinski definition) is 4. The van der Waals surface area contributed by atoms with Gasteiger partial charge in [0.05, 0.1) is 25.6 Å². The highest BCUT2D eigenvalue weighted by Gasteiger charge is 2.09. The fourth-order valence-corrected chi connectivity index (χ4v) is 2.86. The third kappa shape index (κ3) is 4.46. The summed E-state index contributed by atoms with van der Waals surface area (Å²) in [5.74, 6) is 1.17. The van der Waals surface area contributed by atoms with Gasteiger partial charge in [0.1, 0.15) is 0 Å². The lowest BCUT2D eigenvalue weighted by atomic mass is 10.1. The van der Waals surface area contributed by atoms with Gasteiger partial charge in [-0.15, -0.1) is 0 Å². The number of hydrogen-bond donors (Lipinski definition) is 0. The molecule has 0 amide bonds. The molecule has 0 spiro atoms. The Labute approximate surface area is 166 Å². The van der Waals surface area contributed by atoms with Gasteiger partial charge in [0.25, 0.3) is 0 Å². The van der Waals surface area contributed by atoms with Crippen LogP contribution in [0.15, 0.2) is 82.8 Å². The van der Waals surface area contributed by atoms with Crippen LogP contribution in [0.5, 0.6) is 0 Å². The highest BCUT2D eigenvalue weighted by atomic mass is 16.5. The van der Waals surface area contributed by atoms with Crippen LogP contribution < -0.4 is 0 Å². The van der Waals surface area contributed by atoms with Crippen LogP contribution in [0.1, 0.15) is 22.3 Å². The van der Waals surface area contributed by atoms with Crippen LogP contribution in [-0.2, 0) is 9.47 Å². The molecule has 0 atom stereocenters. The highest BCUT2D eigenvalue weighted by Crippen LogP contribution is 2.30. The van der Waals surface area contributed by atoms with Crippen molar-refractivity contribution in [1.29, 1.82) is 0 Å². The Balaban J connectivity index is 1.99. The van der Waals surface area contributed by atoms with Crippen molar-refractivity contribution in [3.05, 3.63) is 95.1 Å². The van der Waals surface area contributed by atoms with Crippen molar-refractivity contribution in [1.82, 2.24) is 0 Å². The predicted octanol–water partition coefficient (Wildman–Crippen LogP) is 5.75.